The van der Waals surface area contributed by atoms with Crippen molar-refractivity contribution in [1.82, 2.24) is 15.2 Å². The van der Waals surface area contributed by atoms with Crippen LogP contribution in [0.4, 0.5) is 13.2 Å². The van der Waals surface area contributed by atoms with Crippen LogP contribution < -0.4 is 5.14 Å². The Bertz CT molecular complexity index is 774. The summed E-state index contributed by atoms with van der Waals surface area (Å²) in [5.74, 6) is -1.56. The highest BCUT2D eigenvalue weighted by atomic mass is 32.2. The van der Waals surface area contributed by atoms with E-state index in [1.54, 1.807) is 6.07 Å². The van der Waals surface area contributed by atoms with Crippen molar-refractivity contribution in [3.8, 4) is 11.5 Å². The standard InChI is InChI=1S/C8H4F3N3O.C5H11NO3S/c9-8(10,11)7-14-13-6(15-7)5-2-1-3-12-4-5;6-10(7,8)5-1-3-9-4-2-5/h1-4H;5H,1-4H2,(H2,6,7,8). The highest BCUT2D eigenvalue weighted by Gasteiger charge is 2.38. The van der Waals surface area contributed by atoms with Crippen LogP contribution in [0.1, 0.15) is 18.7 Å². The van der Waals surface area contributed by atoms with Gasteiger partial charge in [0.25, 0.3) is 0 Å². The maximum Gasteiger partial charge on any atom is 0.470 e. The number of pyridine rings is 1. The van der Waals surface area contributed by atoms with E-state index in [9.17, 15) is 21.6 Å². The molecule has 1 aliphatic heterocycles. The number of nitrogens with two attached hydrogens (primary N) is 1. The van der Waals surface area contributed by atoms with Crippen LogP contribution in [0.2, 0.25) is 0 Å². The summed E-state index contributed by atoms with van der Waals surface area (Å²) < 4.78 is 67.2. The van der Waals surface area contributed by atoms with Crippen LogP contribution in [0.25, 0.3) is 11.5 Å². The molecule has 0 bridgehead atoms. The predicted octanol–water partition coefficient (Wildman–Crippen LogP) is 1.60. The van der Waals surface area contributed by atoms with Crippen molar-refractivity contribution < 1.29 is 30.7 Å². The predicted molar refractivity (Wildman–Crippen MR) is 79.5 cm³/mol. The van der Waals surface area contributed by atoms with Crippen molar-refractivity contribution in [3.63, 3.8) is 0 Å². The van der Waals surface area contributed by atoms with Gasteiger partial charge in [-0.15, -0.1) is 10.2 Å². The van der Waals surface area contributed by atoms with E-state index in [4.69, 9.17) is 9.88 Å². The van der Waals surface area contributed by atoms with Crippen LogP contribution in [0.5, 0.6) is 0 Å². The van der Waals surface area contributed by atoms with Crippen LogP contribution in [0.3, 0.4) is 0 Å². The summed E-state index contributed by atoms with van der Waals surface area (Å²) in [5.41, 5.74) is 0.348. The minimum absolute atomic E-state index is 0.199. The molecule has 0 aromatic carbocycles. The number of alkyl halides is 3. The van der Waals surface area contributed by atoms with Gasteiger partial charge in [-0.25, -0.2) is 13.6 Å². The van der Waals surface area contributed by atoms with E-state index in [-0.39, 0.29) is 11.1 Å². The number of ether oxygens (including phenoxy) is 1. The zero-order chi connectivity index (χ0) is 18.5. The lowest BCUT2D eigenvalue weighted by Gasteiger charge is -2.19. The van der Waals surface area contributed by atoms with E-state index in [0.717, 1.165) is 0 Å². The van der Waals surface area contributed by atoms with E-state index in [0.29, 0.717) is 31.6 Å². The molecule has 2 N–H and O–H groups in total. The van der Waals surface area contributed by atoms with E-state index in [1.165, 1.54) is 18.5 Å². The summed E-state index contributed by atoms with van der Waals surface area (Å²) >= 11 is 0. The molecule has 2 aromatic rings. The van der Waals surface area contributed by atoms with Crippen LogP contribution >= 0.6 is 0 Å². The second-order valence-corrected chi connectivity index (χ2v) is 6.90. The van der Waals surface area contributed by atoms with Gasteiger partial charge in [0.1, 0.15) is 0 Å². The fourth-order valence-corrected chi connectivity index (χ4v) is 2.80. The molecular formula is C13H15F3N4O4S. The summed E-state index contributed by atoms with van der Waals surface area (Å²) in [5, 5.41) is 10.7. The van der Waals surface area contributed by atoms with Gasteiger partial charge < -0.3 is 9.15 Å². The topological polar surface area (TPSA) is 121 Å². The fourth-order valence-electron chi connectivity index (χ4n) is 1.95. The maximum absolute atomic E-state index is 12.1. The van der Waals surface area contributed by atoms with Crippen molar-refractivity contribution in [2.24, 2.45) is 5.14 Å². The molecule has 12 heteroatoms. The maximum atomic E-state index is 12.1. The van der Waals surface area contributed by atoms with Crippen LogP contribution in [0, 0.1) is 0 Å². The van der Waals surface area contributed by atoms with Crippen molar-refractivity contribution in [1.29, 1.82) is 0 Å². The first-order chi connectivity index (χ1) is 11.7. The van der Waals surface area contributed by atoms with Gasteiger partial charge >= 0.3 is 12.1 Å². The SMILES string of the molecule is FC(F)(F)c1nnc(-c2cccnc2)o1.NS(=O)(=O)C1CCOCC1. The first-order valence-electron chi connectivity index (χ1n) is 7.08. The molecule has 8 nitrogen and oxygen atoms in total. The van der Waals surface area contributed by atoms with Gasteiger partial charge in [0.2, 0.25) is 15.9 Å². The second-order valence-electron chi connectivity index (χ2n) is 5.05. The Morgan fingerprint density at radius 3 is 2.32 bits per heavy atom. The molecule has 0 amide bonds. The molecule has 3 heterocycles. The number of hydrogen-bond donors (Lipinski definition) is 1. The van der Waals surface area contributed by atoms with Crippen LogP contribution in [0.15, 0.2) is 28.9 Å². The Morgan fingerprint density at radius 2 is 1.88 bits per heavy atom. The highest BCUT2D eigenvalue weighted by molar-refractivity contribution is 7.89. The van der Waals surface area contributed by atoms with E-state index in [1.807, 2.05) is 0 Å². The van der Waals surface area contributed by atoms with E-state index < -0.39 is 22.1 Å². The first kappa shape index (κ1) is 19.3. The number of sulfonamides is 1. The summed E-state index contributed by atoms with van der Waals surface area (Å²) in [6, 6.07) is 3.09. The number of hydrogen-bond acceptors (Lipinski definition) is 7. The Hall–Kier alpha value is -2.05. The molecule has 0 radical (unpaired) electrons. The van der Waals surface area contributed by atoms with Crippen LogP contribution in [-0.4, -0.2) is 42.1 Å². The van der Waals surface area contributed by atoms with Gasteiger partial charge in [0.05, 0.1) is 10.8 Å². The number of rotatable bonds is 2. The third-order valence-corrected chi connectivity index (χ3v) is 4.61. The van der Waals surface area contributed by atoms with E-state index >= 15 is 0 Å². The molecular weight excluding hydrogens is 365 g/mol. The van der Waals surface area contributed by atoms with Gasteiger partial charge in [0, 0.05) is 25.6 Å². The monoisotopic (exact) mass is 380 g/mol. The van der Waals surface area contributed by atoms with Crippen molar-refractivity contribution in [2.75, 3.05) is 13.2 Å². The third-order valence-electron chi connectivity index (χ3n) is 3.21. The Labute approximate surface area is 141 Å². The first-order valence-corrected chi connectivity index (χ1v) is 8.69. The highest BCUT2D eigenvalue weighted by Crippen LogP contribution is 2.29. The lowest BCUT2D eigenvalue weighted by molar-refractivity contribution is -0.156. The summed E-state index contributed by atoms with van der Waals surface area (Å²) in [4.78, 5) is 3.72. The fraction of sp³-hybridized carbons (Fsp3) is 0.462. The molecule has 138 valence electrons. The Morgan fingerprint density at radius 1 is 1.20 bits per heavy atom. The molecule has 0 saturated carbocycles. The smallest absolute Gasteiger partial charge is 0.413 e. The van der Waals surface area contributed by atoms with Crippen molar-refractivity contribution in [3.05, 3.63) is 30.4 Å². The van der Waals surface area contributed by atoms with Gasteiger partial charge in [0.15, 0.2) is 0 Å². The Kier molecular flexibility index (Phi) is 6.08. The Balaban J connectivity index is 0.000000196. The average molecular weight is 380 g/mol. The minimum atomic E-state index is -4.62. The van der Waals surface area contributed by atoms with Crippen molar-refractivity contribution >= 4 is 10.0 Å². The molecule has 3 rings (SSSR count). The van der Waals surface area contributed by atoms with Crippen LogP contribution in [-0.2, 0) is 20.9 Å². The quantitative estimate of drug-likeness (QED) is 0.840. The van der Waals surface area contributed by atoms with E-state index in [2.05, 4.69) is 19.6 Å². The van der Waals surface area contributed by atoms with Gasteiger partial charge in [-0.3, -0.25) is 4.98 Å². The zero-order valence-corrected chi connectivity index (χ0v) is 13.6. The normalized spacial score (nSPS) is 16.2. The molecule has 0 aliphatic carbocycles. The summed E-state index contributed by atoms with van der Waals surface area (Å²) in [7, 11) is -3.31. The molecule has 2 aromatic heterocycles. The van der Waals surface area contributed by atoms with Crippen molar-refractivity contribution in [2.45, 2.75) is 24.3 Å². The van der Waals surface area contributed by atoms with Gasteiger partial charge in [-0.05, 0) is 25.0 Å². The lowest BCUT2D eigenvalue weighted by atomic mass is 10.2. The summed E-state index contributed by atoms with van der Waals surface area (Å²) in [6.45, 7) is 1.03. The lowest BCUT2D eigenvalue weighted by Crippen LogP contribution is -2.33. The molecule has 0 spiro atoms. The summed E-state index contributed by atoms with van der Waals surface area (Å²) in [6.07, 6.45) is -0.705. The molecule has 1 fully saturated rings. The molecule has 1 saturated heterocycles. The largest absolute Gasteiger partial charge is 0.470 e. The number of primary sulfonamides is 1. The molecule has 1 aliphatic rings. The average Bonchev–Trinajstić information content (AvgIpc) is 3.07. The molecule has 25 heavy (non-hydrogen) atoms. The van der Waals surface area contributed by atoms with Gasteiger partial charge in [-0.1, -0.05) is 0 Å². The third kappa shape index (κ3) is 5.76. The molecule has 0 atom stereocenters. The molecule has 0 unspecified atom stereocenters. The van der Waals surface area contributed by atoms with Gasteiger partial charge in [-0.2, -0.15) is 13.2 Å². The minimum Gasteiger partial charge on any atom is -0.413 e. The number of halogens is 3. The zero-order valence-electron chi connectivity index (χ0n) is 12.8. The number of aromatic nitrogens is 3. The second kappa shape index (κ2) is 7.89. The number of nitrogens with zero attached hydrogens (tertiary/aromatic N) is 3.